The van der Waals surface area contributed by atoms with Crippen LogP contribution in [0.25, 0.3) is 11.1 Å². The minimum atomic E-state index is -0.931. The lowest BCUT2D eigenvalue weighted by atomic mass is 9.86. The zero-order valence-electron chi connectivity index (χ0n) is 20.2. The summed E-state index contributed by atoms with van der Waals surface area (Å²) in [6.07, 6.45) is 15.2. The third-order valence-electron chi connectivity index (χ3n) is 6.90. The minimum Gasteiger partial charge on any atom is -0.478 e. The first-order chi connectivity index (χ1) is 16.6. The molecular weight excluding hydrogens is 424 g/mol. The second-order valence-corrected chi connectivity index (χ2v) is 9.49. The van der Waals surface area contributed by atoms with Gasteiger partial charge >= 0.3 is 5.97 Å². The zero-order chi connectivity index (χ0) is 23.8. The van der Waals surface area contributed by atoms with Gasteiger partial charge < -0.3 is 5.11 Å². The number of rotatable bonds is 11. The average molecular weight is 461 g/mol. The quantitative estimate of drug-likeness (QED) is 0.338. The molecule has 0 aliphatic heterocycles. The van der Waals surface area contributed by atoms with Crippen LogP contribution in [0.3, 0.4) is 0 Å². The van der Waals surface area contributed by atoms with E-state index in [4.69, 9.17) is 10.1 Å². The van der Waals surface area contributed by atoms with Crippen LogP contribution in [0.4, 0.5) is 0 Å². The zero-order valence-corrected chi connectivity index (χ0v) is 20.2. The number of nitrogens with zero attached hydrogens (tertiary/aromatic N) is 4. The van der Waals surface area contributed by atoms with Gasteiger partial charge in [0.25, 0.3) is 0 Å². The number of hydrogen-bond donors (Lipinski definition) is 1. The van der Waals surface area contributed by atoms with Gasteiger partial charge in [0.2, 0.25) is 0 Å². The number of benzene rings is 1. The molecule has 6 heteroatoms. The third kappa shape index (κ3) is 6.31. The molecule has 0 saturated heterocycles. The molecule has 1 N–H and O–H groups in total. The Morgan fingerprint density at radius 1 is 1.06 bits per heavy atom. The molecule has 0 atom stereocenters. The predicted octanol–water partition coefficient (Wildman–Crippen LogP) is 6.33. The molecule has 4 rings (SSSR count). The molecule has 6 nitrogen and oxygen atoms in total. The summed E-state index contributed by atoms with van der Waals surface area (Å²) in [5.41, 5.74) is 2.67. The Balaban J connectivity index is 1.47. The molecule has 34 heavy (non-hydrogen) atoms. The molecule has 1 aliphatic rings. The van der Waals surface area contributed by atoms with Crippen molar-refractivity contribution in [3.63, 3.8) is 0 Å². The van der Waals surface area contributed by atoms with Crippen LogP contribution >= 0.6 is 0 Å². The summed E-state index contributed by atoms with van der Waals surface area (Å²) in [6.45, 7) is 2.80. The van der Waals surface area contributed by atoms with E-state index < -0.39 is 5.97 Å². The number of aromatic nitrogens is 4. The van der Waals surface area contributed by atoms with Crippen molar-refractivity contribution < 1.29 is 9.90 Å². The first kappa shape index (κ1) is 24.1. The highest BCUT2D eigenvalue weighted by Crippen LogP contribution is 2.27. The van der Waals surface area contributed by atoms with Gasteiger partial charge in [-0.15, -0.1) is 0 Å². The normalized spacial score (nSPS) is 14.4. The van der Waals surface area contributed by atoms with Gasteiger partial charge in [-0.25, -0.2) is 14.5 Å². The number of carboxylic acid groups (broad SMARTS) is 1. The van der Waals surface area contributed by atoms with Crippen molar-refractivity contribution in [2.24, 2.45) is 5.92 Å². The van der Waals surface area contributed by atoms with Gasteiger partial charge in [-0.3, -0.25) is 4.98 Å². The summed E-state index contributed by atoms with van der Waals surface area (Å²) in [5.74, 6) is 1.91. The Bertz CT molecular complexity index is 1070. The average Bonchev–Trinajstić information content (AvgIpc) is 3.25. The highest BCUT2D eigenvalue weighted by atomic mass is 16.4. The Morgan fingerprint density at radius 2 is 1.88 bits per heavy atom. The number of pyridine rings is 1. The minimum absolute atomic E-state index is 0.286. The molecule has 2 heterocycles. The van der Waals surface area contributed by atoms with Gasteiger partial charge in [0.1, 0.15) is 5.82 Å². The van der Waals surface area contributed by atoms with Crippen LogP contribution in [-0.2, 0) is 19.4 Å². The fourth-order valence-corrected chi connectivity index (χ4v) is 4.94. The highest BCUT2D eigenvalue weighted by molar-refractivity contribution is 5.95. The van der Waals surface area contributed by atoms with Crippen molar-refractivity contribution in [3.05, 3.63) is 65.5 Å². The van der Waals surface area contributed by atoms with E-state index in [1.54, 1.807) is 18.3 Å². The molecule has 1 aromatic carbocycles. The summed E-state index contributed by atoms with van der Waals surface area (Å²) in [7, 11) is 0. The van der Waals surface area contributed by atoms with Gasteiger partial charge in [0, 0.05) is 24.6 Å². The van der Waals surface area contributed by atoms with E-state index >= 15 is 0 Å². The summed E-state index contributed by atoms with van der Waals surface area (Å²) in [5, 5.41) is 14.4. The van der Waals surface area contributed by atoms with Crippen molar-refractivity contribution in [1.82, 2.24) is 19.7 Å². The monoisotopic (exact) mass is 460 g/mol. The number of hydrogen-bond acceptors (Lipinski definition) is 4. The Morgan fingerprint density at radius 3 is 2.62 bits per heavy atom. The van der Waals surface area contributed by atoms with Crippen LogP contribution in [-0.4, -0.2) is 30.8 Å². The second-order valence-electron chi connectivity index (χ2n) is 9.49. The molecule has 0 amide bonds. The lowest BCUT2D eigenvalue weighted by Crippen LogP contribution is -2.09. The van der Waals surface area contributed by atoms with E-state index in [1.165, 1.54) is 51.4 Å². The maximum Gasteiger partial charge on any atom is 0.336 e. The fourth-order valence-electron chi connectivity index (χ4n) is 4.94. The standard InChI is InChI=1S/C28H36N4O2/c1-2-3-5-14-27-30-26(18-15-21-10-6-4-7-11-21)31-32(27)20-23-17-16-22(19-29-23)24-12-8-9-13-25(24)28(33)34/h8-9,12-13,16-17,19,21H,2-7,10-11,14-15,18,20H2,1H3,(H,33,34). The van der Waals surface area contributed by atoms with Crippen molar-refractivity contribution in [2.45, 2.75) is 84.1 Å². The Labute approximate surface area is 202 Å². The number of carbonyl (C=O) groups is 1. The van der Waals surface area contributed by atoms with Crippen LogP contribution < -0.4 is 0 Å². The molecule has 0 bridgehead atoms. The fraction of sp³-hybridized carbons (Fsp3) is 0.500. The molecule has 180 valence electrons. The molecule has 1 fully saturated rings. The maximum atomic E-state index is 11.6. The summed E-state index contributed by atoms with van der Waals surface area (Å²) in [6, 6.07) is 10.9. The highest BCUT2D eigenvalue weighted by Gasteiger charge is 2.17. The molecule has 1 aliphatic carbocycles. The van der Waals surface area contributed by atoms with Gasteiger partial charge in [-0.2, -0.15) is 5.10 Å². The Kier molecular flexibility index (Phi) is 8.45. The van der Waals surface area contributed by atoms with Crippen molar-refractivity contribution in [2.75, 3.05) is 0 Å². The van der Waals surface area contributed by atoms with E-state index in [0.29, 0.717) is 12.1 Å². The second kappa shape index (κ2) is 11.9. The van der Waals surface area contributed by atoms with Crippen molar-refractivity contribution in [3.8, 4) is 11.1 Å². The molecular formula is C28H36N4O2. The number of aromatic carboxylic acids is 1. The number of unbranched alkanes of at least 4 members (excludes halogenated alkanes) is 2. The summed E-state index contributed by atoms with van der Waals surface area (Å²) in [4.78, 5) is 21.1. The smallest absolute Gasteiger partial charge is 0.336 e. The van der Waals surface area contributed by atoms with Gasteiger partial charge in [-0.05, 0) is 36.5 Å². The topological polar surface area (TPSA) is 80.9 Å². The molecule has 1 saturated carbocycles. The SMILES string of the molecule is CCCCCc1nc(CCC2CCCCC2)nn1Cc1ccc(-c2ccccc2C(=O)O)cn1. The molecule has 3 aromatic rings. The lowest BCUT2D eigenvalue weighted by Gasteiger charge is -2.20. The molecule has 2 aromatic heterocycles. The third-order valence-corrected chi connectivity index (χ3v) is 6.90. The summed E-state index contributed by atoms with van der Waals surface area (Å²) >= 11 is 0. The molecule has 0 unspecified atom stereocenters. The number of carboxylic acids is 1. The molecule has 0 radical (unpaired) electrons. The van der Waals surface area contributed by atoms with Crippen LogP contribution in [0.2, 0.25) is 0 Å². The predicted molar refractivity (Wildman–Crippen MR) is 134 cm³/mol. The van der Waals surface area contributed by atoms with Gasteiger partial charge in [0.05, 0.1) is 17.8 Å². The Hall–Kier alpha value is -3.02. The van der Waals surface area contributed by atoms with E-state index in [2.05, 4.69) is 11.9 Å². The van der Waals surface area contributed by atoms with Gasteiger partial charge in [0.15, 0.2) is 5.82 Å². The van der Waals surface area contributed by atoms with Crippen LogP contribution in [0.5, 0.6) is 0 Å². The summed E-state index contributed by atoms with van der Waals surface area (Å²) < 4.78 is 2.03. The largest absolute Gasteiger partial charge is 0.478 e. The van der Waals surface area contributed by atoms with Crippen molar-refractivity contribution >= 4 is 5.97 Å². The lowest BCUT2D eigenvalue weighted by molar-refractivity contribution is 0.0697. The van der Waals surface area contributed by atoms with E-state index in [-0.39, 0.29) is 5.56 Å². The van der Waals surface area contributed by atoms with E-state index in [1.807, 2.05) is 28.9 Å². The first-order valence-electron chi connectivity index (χ1n) is 12.8. The van der Waals surface area contributed by atoms with Crippen LogP contribution in [0, 0.1) is 5.92 Å². The molecule has 0 spiro atoms. The van der Waals surface area contributed by atoms with E-state index in [9.17, 15) is 9.90 Å². The van der Waals surface area contributed by atoms with Crippen LogP contribution in [0.15, 0.2) is 42.6 Å². The van der Waals surface area contributed by atoms with Gasteiger partial charge in [-0.1, -0.05) is 76.1 Å². The number of aryl methyl sites for hydroxylation is 2. The first-order valence-corrected chi connectivity index (χ1v) is 12.8. The van der Waals surface area contributed by atoms with Crippen molar-refractivity contribution in [1.29, 1.82) is 0 Å². The van der Waals surface area contributed by atoms with E-state index in [0.717, 1.165) is 48.1 Å². The maximum absolute atomic E-state index is 11.6. The van der Waals surface area contributed by atoms with Crippen LogP contribution in [0.1, 0.15) is 92.4 Å².